The molecule has 0 radical (unpaired) electrons. The van der Waals surface area contributed by atoms with Crippen LogP contribution in [0.1, 0.15) is 24.8 Å². The molecule has 30 heavy (non-hydrogen) atoms. The van der Waals surface area contributed by atoms with E-state index in [4.69, 9.17) is 32.8 Å². The zero-order chi connectivity index (χ0) is 21.2. The van der Waals surface area contributed by atoms with Crippen molar-refractivity contribution in [3.05, 3.63) is 58.2 Å². The number of pyridine rings is 1. The van der Waals surface area contributed by atoms with E-state index in [0.717, 1.165) is 34.9 Å². The minimum Gasteiger partial charge on any atom is -0.368 e. The van der Waals surface area contributed by atoms with E-state index < -0.39 is 0 Å². The molecule has 6 nitrogen and oxygen atoms in total. The van der Waals surface area contributed by atoms with Crippen LogP contribution in [0.15, 0.2) is 47.5 Å². The van der Waals surface area contributed by atoms with Gasteiger partial charge in [0.05, 0.1) is 5.02 Å². The molecule has 3 rings (SSSR count). The molecule has 1 unspecified atom stereocenters. The van der Waals surface area contributed by atoms with E-state index in [1.54, 1.807) is 30.1 Å². The molecule has 1 aromatic heterocycles. The molecular formula is C21H23Cl2N3O3S. The lowest BCUT2D eigenvalue weighted by Crippen LogP contribution is -2.32. The summed E-state index contributed by atoms with van der Waals surface area (Å²) in [6, 6.07) is 9.47. The fourth-order valence-corrected chi connectivity index (χ4v) is 3.81. The number of carbonyl (C=O) groups excluding carboxylic acids is 1. The SMILES string of the molecule is O=C(/C=C/c1cnc(NCCSc2ccc(Cl)cc2)c(Cl)c1)NOC1CCCCO1. The number of anilines is 1. The molecule has 9 heteroatoms. The standard InChI is InChI=1S/C21H23Cl2N3O3S/c22-16-5-7-17(8-6-16)30-12-10-24-21-18(23)13-15(14-25-21)4-9-19(27)26-29-20-3-1-2-11-28-20/h4-9,13-14,20H,1-3,10-12H2,(H,24,25)(H,26,27)/b9-4+. The molecule has 1 aliphatic rings. The smallest absolute Gasteiger partial charge is 0.267 e. The van der Waals surface area contributed by atoms with Gasteiger partial charge in [0.25, 0.3) is 5.91 Å². The summed E-state index contributed by atoms with van der Waals surface area (Å²) < 4.78 is 5.39. The molecule has 160 valence electrons. The van der Waals surface area contributed by atoms with Gasteiger partial charge in [0, 0.05) is 47.5 Å². The average molecular weight is 468 g/mol. The highest BCUT2D eigenvalue weighted by Gasteiger charge is 2.14. The van der Waals surface area contributed by atoms with Gasteiger partial charge in [0.2, 0.25) is 0 Å². The van der Waals surface area contributed by atoms with Crippen LogP contribution in [0.2, 0.25) is 10.0 Å². The van der Waals surface area contributed by atoms with Crippen molar-refractivity contribution < 1.29 is 14.4 Å². The summed E-state index contributed by atoms with van der Waals surface area (Å²) in [5.74, 6) is 1.08. The number of aromatic nitrogens is 1. The van der Waals surface area contributed by atoms with Crippen molar-refractivity contribution in [3.63, 3.8) is 0 Å². The van der Waals surface area contributed by atoms with E-state index in [0.29, 0.717) is 29.6 Å². The topological polar surface area (TPSA) is 72.5 Å². The van der Waals surface area contributed by atoms with Crippen molar-refractivity contribution in [3.8, 4) is 0 Å². The Bertz CT molecular complexity index is 859. The van der Waals surface area contributed by atoms with Gasteiger partial charge in [-0.25, -0.2) is 15.3 Å². The highest BCUT2D eigenvalue weighted by molar-refractivity contribution is 7.99. The van der Waals surface area contributed by atoms with Crippen LogP contribution in [0.25, 0.3) is 6.08 Å². The molecule has 2 heterocycles. The summed E-state index contributed by atoms with van der Waals surface area (Å²) in [6.07, 6.45) is 7.08. The van der Waals surface area contributed by atoms with Crippen LogP contribution in [0.4, 0.5) is 5.82 Å². The molecule has 0 aliphatic carbocycles. The van der Waals surface area contributed by atoms with E-state index in [9.17, 15) is 4.79 Å². The van der Waals surface area contributed by atoms with Crippen LogP contribution in [-0.2, 0) is 14.4 Å². The van der Waals surface area contributed by atoms with Crippen LogP contribution < -0.4 is 10.8 Å². The van der Waals surface area contributed by atoms with Crippen LogP contribution in [0.5, 0.6) is 0 Å². The Morgan fingerprint density at radius 1 is 1.30 bits per heavy atom. The first kappa shape index (κ1) is 22.9. The van der Waals surface area contributed by atoms with Crippen LogP contribution >= 0.6 is 35.0 Å². The molecule has 1 amide bonds. The minimum absolute atomic E-state index is 0.373. The number of thioether (sulfide) groups is 1. The normalized spacial score (nSPS) is 16.5. The van der Waals surface area contributed by atoms with Crippen molar-refractivity contribution in [1.29, 1.82) is 0 Å². The fraction of sp³-hybridized carbons (Fsp3) is 0.333. The Kier molecular flexibility index (Phi) is 9.29. The summed E-state index contributed by atoms with van der Waals surface area (Å²) in [5, 5.41) is 4.43. The number of hydrogen-bond acceptors (Lipinski definition) is 6. The fourth-order valence-electron chi connectivity index (χ4n) is 2.68. The van der Waals surface area contributed by atoms with Gasteiger partial charge < -0.3 is 10.1 Å². The van der Waals surface area contributed by atoms with Crippen molar-refractivity contribution >= 4 is 52.8 Å². The van der Waals surface area contributed by atoms with E-state index in [1.807, 2.05) is 24.3 Å². The molecule has 1 aliphatic heterocycles. The summed E-state index contributed by atoms with van der Waals surface area (Å²) in [4.78, 5) is 22.6. The minimum atomic E-state index is -0.379. The Hall–Kier alpha value is -1.77. The largest absolute Gasteiger partial charge is 0.368 e. The number of carbonyl (C=O) groups is 1. The number of benzene rings is 1. The van der Waals surface area contributed by atoms with Crippen LogP contribution in [-0.4, -0.2) is 36.1 Å². The number of hydrogen-bond donors (Lipinski definition) is 2. The number of rotatable bonds is 9. The Morgan fingerprint density at radius 3 is 2.87 bits per heavy atom. The summed E-state index contributed by atoms with van der Waals surface area (Å²) in [5.41, 5.74) is 3.09. The average Bonchev–Trinajstić information content (AvgIpc) is 2.77. The Balaban J connectivity index is 1.40. The van der Waals surface area contributed by atoms with Gasteiger partial charge in [-0.2, -0.15) is 0 Å². The van der Waals surface area contributed by atoms with Gasteiger partial charge in [-0.1, -0.05) is 23.2 Å². The highest BCUT2D eigenvalue weighted by Crippen LogP contribution is 2.23. The van der Waals surface area contributed by atoms with Crippen molar-refractivity contribution in [2.24, 2.45) is 0 Å². The zero-order valence-corrected chi connectivity index (χ0v) is 18.6. The van der Waals surface area contributed by atoms with E-state index in [-0.39, 0.29) is 12.2 Å². The molecule has 0 saturated carbocycles. The van der Waals surface area contributed by atoms with Gasteiger partial charge in [0.15, 0.2) is 6.29 Å². The number of ether oxygens (including phenoxy) is 1. The Labute approximate surface area is 190 Å². The molecule has 1 fully saturated rings. The molecule has 1 aromatic carbocycles. The molecule has 0 bridgehead atoms. The van der Waals surface area contributed by atoms with Crippen LogP contribution in [0, 0.1) is 0 Å². The molecule has 1 saturated heterocycles. The number of hydroxylamine groups is 1. The number of nitrogens with one attached hydrogen (secondary N) is 2. The first-order valence-corrected chi connectivity index (χ1v) is 11.4. The summed E-state index contributed by atoms with van der Waals surface area (Å²) in [6.45, 7) is 1.36. The molecule has 2 aromatic rings. The maximum Gasteiger partial charge on any atom is 0.267 e. The Morgan fingerprint density at radius 2 is 2.13 bits per heavy atom. The van der Waals surface area contributed by atoms with Gasteiger partial charge in [-0.15, -0.1) is 11.8 Å². The first-order chi connectivity index (χ1) is 14.6. The van der Waals surface area contributed by atoms with Gasteiger partial charge in [0.1, 0.15) is 5.82 Å². The first-order valence-electron chi connectivity index (χ1n) is 9.63. The lowest BCUT2D eigenvalue weighted by Gasteiger charge is -2.21. The molecule has 0 spiro atoms. The maximum atomic E-state index is 11.9. The second-order valence-electron chi connectivity index (χ2n) is 6.54. The number of nitrogens with zero attached hydrogens (tertiary/aromatic N) is 1. The second-order valence-corrected chi connectivity index (χ2v) is 8.55. The monoisotopic (exact) mass is 467 g/mol. The van der Waals surface area contributed by atoms with Crippen molar-refractivity contribution in [2.75, 3.05) is 24.2 Å². The predicted molar refractivity (Wildman–Crippen MR) is 122 cm³/mol. The van der Waals surface area contributed by atoms with E-state index in [1.165, 1.54) is 6.08 Å². The van der Waals surface area contributed by atoms with Crippen molar-refractivity contribution in [1.82, 2.24) is 10.5 Å². The summed E-state index contributed by atoms with van der Waals surface area (Å²) >= 11 is 13.9. The van der Waals surface area contributed by atoms with Crippen LogP contribution in [0.3, 0.4) is 0 Å². The quantitative estimate of drug-likeness (QED) is 0.229. The van der Waals surface area contributed by atoms with Gasteiger partial charge in [-0.05, 0) is 54.8 Å². The molecule has 2 N–H and O–H groups in total. The number of amides is 1. The van der Waals surface area contributed by atoms with E-state index in [2.05, 4.69) is 15.8 Å². The van der Waals surface area contributed by atoms with Crippen molar-refractivity contribution in [2.45, 2.75) is 30.4 Å². The zero-order valence-electron chi connectivity index (χ0n) is 16.3. The van der Waals surface area contributed by atoms with E-state index >= 15 is 0 Å². The lowest BCUT2D eigenvalue weighted by molar-refractivity contribution is -0.198. The highest BCUT2D eigenvalue weighted by atomic mass is 35.5. The third-order valence-electron chi connectivity index (χ3n) is 4.20. The molecular weight excluding hydrogens is 445 g/mol. The summed E-state index contributed by atoms with van der Waals surface area (Å²) in [7, 11) is 0. The third-order valence-corrected chi connectivity index (χ3v) is 5.75. The predicted octanol–water partition coefficient (Wildman–Crippen LogP) is 5.18. The number of halogens is 2. The third kappa shape index (κ3) is 7.81. The lowest BCUT2D eigenvalue weighted by atomic mass is 10.2. The second kappa shape index (κ2) is 12.2. The maximum absolute atomic E-state index is 11.9. The van der Waals surface area contributed by atoms with Gasteiger partial charge in [-0.3, -0.25) is 4.79 Å². The van der Waals surface area contributed by atoms with Gasteiger partial charge >= 0.3 is 0 Å². The molecule has 1 atom stereocenters.